The maximum Gasteiger partial charge on any atom is 0.431 e. The lowest BCUT2D eigenvalue weighted by Crippen LogP contribution is -2.55. The molecule has 1 heterocycles. The van der Waals surface area contributed by atoms with Crippen LogP contribution in [0.25, 0.3) is 0 Å². The predicted molar refractivity (Wildman–Crippen MR) is 72.3 cm³/mol. The number of nitrogens with two attached hydrogens (primary N) is 1. The van der Waals surface area contributed by atoms with E-state index >= 15 is 0 Å². The van der Waals surface area contributed by atoms with Gasteiger partial charge >= 0.3 is 6.09 Å². The van der Waals surface area contributed by atoms with Crippen molar-refractivity contribution in [1.29, 1.82) is 0 Å². The number of rotatable bonds is 3. The van der Waals surface area contributed by atoms with E-state index in [9.17, 15) is 19.2 Å². The molecule has 1 aliphatic rings. The highest BCUT2D eigenvalue weighted by molar-refractivity contribution is 6.15. The summed E-state index contributed by atoms with van der Waals surface area (Å²) < 4.78 is 4.97. The summed E-state index contributed by atoms with van der Waals surface area (Å²) in [5.41, 5.74) is -0.822. The number of hydrogen-bond donors (Lipinski definition) is 1. The third-order valence-electron chi connectivity index (χ3n) is 2.65. The molecule has 1 rings (SSSR count). The highest BCUT2D eigenvalue weighted by Crippen LogP contribution is 2.15. The summed E-state index contributed by atoms with van der Waals surface area (Å²) in [6.07, 6.45) is 1.21. The van der Waals surface area contributed by atoms with Crippen LogP contribution in [-0.2, 0) is 19.1 Å². The Labute approximate surface area is 122 Å². The number of hydrazine groups is 1. The highest BCUT2D eigenvalue weighted by atomic mass is 16.6. The first-order valence-corrected chi connectivity index (χ1v) is 6.45. The Balaban J connectivity index is 2.87. The van der Waals surface area contributed by atoms with Gasteiger partial charge in [-0.25, -0.2) is 10.6 Å². The molecule has 116 valence electrons. The molecular weight excluding hydrogens is 278 g/mol. The Morgan fingerprint density at radius 1 is 1.29 bits per heavy atom. The minimum absolute atomic E-state index is 0.133. The van der Waals surface area contributed by atoms with Crippen molar-refractivity contribution < 1.29 is 23.9 Å². The van der Waals surface area contributed by atoms with Crippen molar-refractivity contribution in [1.82, 2.24) is 9.91 Å². The van der Waals surface area contributed by atoms with E-state index in [2.05, 4.69) is 0 Å². The molecule has 8 nitrogen and oxygen atoms in total. The molecule has 2 N–H and O–H groups in total. The molecule has 1 aliphatic heterocycles. The van der Waals surface area contributed by atoms with Crippen molar-refractivity contribution >= 4 is 23.8 Å². The minimum atomic E-state index is -1.14. The van der Waals surface area contributed by atoms with Gasteiger partial charge < -0.3 is 4.74 Å². The standard InChI is InChI=1S/C13H19N3O5/c1-5-8(15-9(17)6-7-10(15)18)11(19)16(14)12(20)21-13(2,3)4/h6-8H,5,14H2,1-4H3. The topological polar surface area (TPSA) is 110 Å². The fourth-order valence-electron chi connectivity index (χ4n) is 1.75. The Bertz CT molecular complexity index is 488. The molecule has 0 fully saturated rings. The van der Waals surface area contributed by atoms with E-state index in [0.29, 0.717) is 0 Å². The molecule has 4 amide bonds. The molecule has 1 unspecified atom stereocenters. The second kappa shape index (κ2) is 6.04. The van der Waals surface area contributed by atoms with Crippen LogP contribution >= 0.6 is 0 Å². The number of amides is 4. The molecular formula is C13H19N3O5. The number of ether oxygens (including phenoxy) is 1. The molecule has 0 saturated carbocycles. The van der Waals surface area contributed by atoms with Crippen LogP contribution in [0.4, 0.5) is 4.79 Å². The first-order valence-electron chi connectivity index (χ1n) is 6.45. The summed E-state index contributed by atoms with van der Waals surface area (Å²) >= 11 is 0. The predicted octanol–water partition coefficient (Wildman–Crippen LogP) is 0.327. The van der Waals surface area contributed by atoms with Crippen LogP contribution in [0.15, 0.2) is 12.2 Å². The minimum Gasteiger partial charge on any atom is -0.442 e. The van der Waals surface area contributed by atoms with Crippen molar-refractivity contribution in [2.75, 3.05) is 0 Å². The number of imide groups is 2. The summed E-state index contributed by atoms with van der Waals surface area (Å²) in [4.78, 5) is 47.9. The van der Waals surface area contributed by atoms with Crippen LogP contribution in [-0.4, -0.2) is 45.4 Å². The van der Waals surface area contributed by atoms with Gasteiger partial charge in [0.15, 0.2) is 0 Å². The third kappa shape index (κ3) is 3.88. The first-order chi connectivity index (χ1) is 9.58. The lowest BCUT2D eigenvalue weighted by atomic mass is 10.1. The van der Waals surface area contributed by atoms with Gasteiger partial charge in [-0.15, -0.1) is 0 Å². The molecule has 0 aromatic rings. The molecule has 0 bridgehead atoms. The lowest BCUT2D eigenvalue weighted by molar-refractivity contribution is -0.149. The smallest absolute Gasteiger partial charge is 0.431 e. The van der Waals surface area contributed by atoms with E-state index in [1.165, 1.54) is 0 Å². The fraction of sp³-hybridized carbons (Fsp3) is 0.538. The second-order valence-corrected chi connectivity index (χ2v) is 5.49. The van der Waals surface area contributed by atoms with E-state index < -0.39 is 35.5 Å². The summed E-state index contributed by atoms with van der Waals surface area (Å²) in [7, 11) is 0. The fourth-order valence-corrected chi connectivity index (χ4v) is 1.75. The monoisotopic (exact) mass is 297 g/mol. The van der Waals surface area contributed by atoms with Crippen molar-refractivity contribution in [3.8, 4) is 0 Å². The van der Waals surface area contributed by atoms with Crippen molar-refractivity contribution in [3.63, 3.8) is 0 Å². The molecule has 1 atom stereocenters. The lowest BCUT2D eigenvalue weighted by Gasteiger charge is -2.28. The normalized spacial score (nSPS) is 16.1. The first kappa shape index (κ1) is 16.8. The zero-order valence-corrected chi connectivity index (χ0v) is 12.5. The van der Waals surface area contributed by atoms with Gasteiger partial charge in [0.25, 0.3) is 17.7 Å². The van der Waals surface area contributed by atoms with Crippen molar-refractivity contribution in [2.24, 2.45) is 5.84 Å². The van der Waals surface area contributed by atoms with Crippen LogP contribution in [0, 0.1) is 0 Å². The number of hydrogen-bond acceptors (Lipinski definition) is 6. The zero-order chi connectivity index (χ0) is 16.4. The summed E-state index contributed by atoms with van der Waals surface area (Å²) in [6.45, 7) is 6.47. The van der Waals surface area contributed by atoms with E-state index in [-0.39, 0.29) is 11.4 Å². The van der Waals surface area contributed by atoms with Crippen LogP contribution in [0.3, 0.4) is 0 Å². The van der Waals surface area contributed by atoms with Crippen LogP contribution < -0.4 is 5.84 Å². The Kier molecular flexibility index (Phi) is 4.84. The molecule has 21 heavy (non-hydrogen) atoms. The SMILES string of the molecule is CCC(C(=O)N(N)C(=O)OC(C)(C)C)N1C(=O)C=CC1=O. The van der Waals surface area contributed by atoms with Crippen LogP contribution in [0.5, 0.6) is 0 Å². The van der Waals surface area contributed by atoms with E-state index in [1.807, 2.05) is 0 Å². The molecule has 0 aliphatic carbocycles. The molecule has 0 saturated heterocycles. The largest absolute Gasteiger partial charge is 0.442 e. The molecule has 8 heteroatoms. The summed E-state index contributed by atoms with van der Waals surface area (Å²) in [5, 5.41) is 0.290. The van der Waals surface area contributed by atoms with Gasteiger partial charge in [0.2, 0.25) is 0 Å². The summed E-state index contributed by atoms with van der Waals surface area (Å²) in [6, 6.07) is -1.14. The van der Waals surface area contributed by atoms with Gasteiger partial charge in [-0.1, -0.05) is 6.92 Å². The van der Waals surface area contributed by atoms with E-state index in [0.717, 1.165) is 17.1 Å². The van der Waals surface area contributed by atoms with Crippen molar-refractivity contribution in [2.45, 2.75) is 45.8 Å². The third-order valence-corrected chi connectivity index (χ3v) is 2.65. The molecule has 0 aromatic carbocycles. The van der Waals surface area contributed by atoms with Gasteiger partial charge in [0.1, 0.15) is 11.6 Å². The molecule has 0 radical (unpaired) electrons. The summed E-state index contributed by atoms with van der Waals surface area (Å²) in [5.74, 6) is 3.34. The molecule has 0 spiro atoms. The second-order valence-electron chi connectivity index (χ2n) is 5.49. The molecule has 0 aromatic heterocycles. The maximum absolute atomic E-state index is 12.2. The van der Waals surface area contributed by atoms with Crippen LogP contribution in [0.2, 0.25) is 0 Å². The highest BCUT2D eigenvalue weighted by Gasteiger charge is 2.38. The number of nitrogens with zero attached hydrogens (tertiary/aromatic N) is 2. The van der Waals surface area contributed by atoms with Gasteiger partial charge in [-0.05, 0) is 27.2 Å². The zero-order valence-electron chi connectivity index (χ0n) is 12.5. The van der Waals surface area contributed by atoms with Gasteiger partial charge in [0, 0.05) is 12.2 Å². The Morgan fingerprint density at radius 2 is 1.76 bits per heavy atom. The quantitative estimate of drug-likeness (QED) is 0.348. The van der Waals surface area contributed by atoms with Gasteiger partial charge in [0.05, 0.1) is 0 Å². The van der Waals surface area contributed by atoms with Crippen LogP contribution in [0.1, 0.15) is 34.1 Å². The number of carbonyl (C=O) groups is 4. The van der Waals surface area contributed by atoms with E-state index in [4.69, 9.17) is 10.6 Å². The Hall–Kier alpha value is -2.22. The van der Waals surface area contributed by atoms with Crippen molar-refractivity contribution in [3.05, 3.63) is 12.2 Å². The average molecular weight is 297 g/mol. The van der Waals surface area contributed by atoms with E-state index in [1.54, 1.807) is 27.7 Å². The number of carbonyl (C=O) groups excluding carboxylic acids is 4. The average Bonchev–Trinajstić information content (AvgIpc) is 2.68. The Morgan fingerprint density at radius 3 is 2.14 bits per heavy atom. The maximum atomic E-state index is 12.2. The van der Waals surface area contributed by atoms with Gasteiger partial charge in [-0.3, -0.25) is 19.3 Å². The van der Waals surface area contributed by atoms with Gasteiger partial charge in [-0.2, -0.15) is 5.01 Å².